The number of benzene rings is 1. The van der Waals surface area contributed by atoms with Gasteiger partial charge in [-0.2, -0.15) is 0 Å². The van der Waals surface area contributed by atoms with Gasteiger partial charge in [0.25, 0.3) is 5.91 Å². The first-order valence-electron chi connectivity index (χ1n) is 5.24. The lowest BCUT2D eigenvalue weighted by atomic mass is 10.1. The molecule has 1 fully saturated rings. The van der Waals surface area contributed by atoms with E-state index in [1.54, 1.807) is 0 Å². The summed E-state index contributed by atoms with van der Waals surface area (Å²) in [4.78, 5) is 11.8. The molecule has 7 heteroatoms. The fourth-order valence-electron chi connectivity index (χ4n) is 1.74. The zero-order valence-corrected chi connectivity index (χ0v) is 12.5. The summed E-state index contributed by atoms with van der Waals surface area (Å²) in [7, 11) is 0. The van der Waals surface area contributed by atoms with Crippen molar-refractivity contribution in [1.29, 1.82) is 0 Å². The third kappa shape index (κ3) is 3.57. The molecule has 0 radical (unpaired) electrons. The molecule has 0 saturated carbocycles. The largest absolute Gasteiger partial charge is 0.348 e. The molecule has 1 aromatic carbocycles. The zero-order valence-electron chi connectivity index (χ0n) is 9.30. The van der Waals surface area contributed by atoms with Crippen LogP contribution in [0.2, 0.25) is 5.02 Å². The molecule has 18 heavy (non-hydrogen) atoms. The Morgan fingerprint density at radius 1 is 1.56 bits per heavy atom. The minimum atomic E-state index is -0.579. The van der Waals surface area contributed by atoms with E-state index in [4.69, 9.17) is 11.6 Å². The average molecular weight is 358 g/mol. The van der Waals surface area contributed by atoms with Crippen molar-refractivity contribution in [3.63, 3.8) is 0 Å². The number of hydrogen-bond donors (Lipinski definition) is 2. The van der Waals surface area contributed by atoms with E-state index >= 15 is 0 Å². The minimum absolute atomic E-state index is 0. The standard InChI is InChI=1S/C11H11BrClFN2O.ClH/c12-8-4-10(14)7(3-9(8)13)11(17)16-6-1-2-15-5-6;/h3-4,6,15H,1-2,5H2,(H,16,17);1H. The molecule has 2 N–H and O–H groups in total. The number of amides is 1. The van der Waals surface area contributed by atoms with Gasteiger partial charge in [0.15, 0.2) is 0 Å². The Morgan fingerprint density at radius 2 is 2.28 bits per heavy atom. The average Bonchev–Trinajstić information content (AvgIpc) is 2.76. The van der Waals surface area contributed by atoms with Crippen LogP contribution in [0.15, 0.2) is 16.6 Å². The van der Waals surface area contributed by atoms with Crippen molar-refractivity contribution in [2.45, 2.75) is 12.5 Å². The first-order chi connectivity index (χ1) is 8.08. The lowest BCUT2D eigenvalue weighted by Crippen LogP contribution is -2.36. The van der Waals surface area contributed by atoms with Crippen LogP contribution in [0.1, 0.15) is 16.8 Å². The number of rotatable bonds is 2. The van der Waals surface area contributed by atoms with Gasteiger partial charge in [-0.25, -0.2) is 4.39 Å². The van der Waals surface area contributed by atoms with Crippen LogP contribution in [0.3, 0.4) is 0 Å². The first kappa shape index (κ1) is 15.7. The summed E-state index contributed by atoms with van der Waals surface area (Å²) in [6.45, 7) is 1.59. The van der Waals surface area contributed by atoms with Gasteiger partial charge in [0, 0.05) is 17.1 Å². The summed E-state index contributed by atoms with van der Waals surface area (Å²) in [5.41, 5.74) is -0.0231. The molecule has 1 unspecified atom stereocenters. The zero-order chi connectivity index (χ0) is 12.4. The maximum absolute atomic E-state index is 13.6. The maximum atomic E-state index is 13.6. The van der Waals surface area contributed by atoms with Crippen molar-refractivity contribution < 1.29 is 9.18 Å². The fourth-order valence-corrected chi connectivity index (χ4v) is 2.22. The van der Waals surface area contributed by atoms with Gasteiger partial charge in [-0.15, -0.1) is 12.4 Å². The molecular weight excluding hydrogens is 346 g/mol. The lowest BCUT2D eigenvalue weighted by molar-refractivity contribution is 0.0936. The van der Waals surface area contributed by atoms with Crippen LogP contribution >= 0.6 is 39.9 Å². The van der Waals surface area contributed by atoms with Crippen LogP contribution in [0, 0.1) is 5.82 Å². The van der Waals surface area contributed by atoms with Gasteiger partial charge in [-0.05, 0) is 41.0 Å². The third-order valence-electron chi connectivity index (χ3n) is 2.65. The van der Waals surface area contributed by atoms with Crippen LogP contribution in [0.5, 0.6) is 0 Å². The predicted octanol–water partition coefficient (Wildman–Crippen LogP) is 2.76. The second-order valence-electron chi connectivity index (χ2n) is 3.91. The van der Waals surface area contributed by atoms with Crippen molar-refractivity contribution in [1.82, 2.24) is 10.6 Å². The summed E-state index contributed by atoms with van der Waals surface area (Å²) in [5.74, 6) is -1.00. The van der Waals surface area contributed by atoms with E-state index in [1.165, 1.54) is 12.1 Å². The summed E-state index contributed by atoms with van der Waals surface area (Å²) >= 11 is 8.94. The van der Waals surface area contributed by atoms with Gasteiger partial charge >= 0.3 is 0 Å². The Morgan fingerprint density at radius 3 is 2.89 bits per heavy atom. The van der Waals surface area contributed by atoms with E-state index in [0.29, 0.717) is 9.50 Å². The number of hydrogen-bond acceptors (Lipinski definition) is 2. The Labute approximate surface area is 124 Å². The molecule has 1 aliphatic heterocycles. The molecule has 1 aromatic rings. The van der Waals surface area contributed by atoms with E-state index in [9.17, 15) is 9.18 Å². The molecular formula is C11H12BrCl2FN2O. The van der Waals surface area contributed by atoms with Gasteiger partial charge in [0.2, 0.25) is 0 Å². The molecule has 0 aliphatic carbocycles. The van der Waals surface area contributed by atoms with E-state index in [-0.39, 0.29) is 24.0 Å². The van der Waals surface area contributed by atoms with Crippen LogP contribution in [0.4, 0.5) is 4.39 Å². The summed E-state index contributed by atoms with van der Waals surface area (Å²) in [5, 5.41) is 6.21. The van der Waals surface area contributed by atoms with E-state index in [2.05, 4.69) is 26.6 Å². The highest BCUT2D eigenvalue weighted by molar-refractivity contribution is 9.10. The van der Waals surface area contributed by atoms with Crippen LogP contribution in [-0.4, -0.2) is 25.0 Å². The molecule has 1 saturated heterocycles. The van der Waals surface area contributed by atoms with Gasteiger partial charge in [-0.1, -0.05) is 11.6 Å². The number of carbonyl (C=O) groups excluding carboxylic acids is 1. The predicted molar refractivity (Wildman–Crippen MR) is 75.1 cm³/mol. The smallest absolute Gasteiger partial charge is 0.254 e. The van der Waals surface area contributed by atoms with E-state index < -0.39 is 11.7 Å². The summed E-state index contributed by atoms with van der Waals surface area (Å²) < 4.78 is 14.0. The molecule has 0 spiro atoms. The van der Waals surface area contributed by atoms with Crippen LogP contribution in [0.25, 0.3) is 0 Å². The Kier molecular flexibility index (Phi) is 5.85. The molecule has 1 aliphatic rings. The number of nitrogens with one attached hydrogen (secondary N) is 2. The minimum Gasteiger partial charge on any atom is -0.348 e. The molecule has 1 heterocycles. The molecule has 1 amide bonds. The van der Waals surface area contributed by atoms with E-state index in [0.717, 1.165) is 19.5 Å². The lowest BCUT2D eigenvalue weighted by Gasteiger charge is -2.12. The van der Waals surface area contributed by atoms with Crippen LogP contribution < -0.4 is 10.6 Å². The van der Waals surface area contributed by atoms with Gasteiger partial charge in [0.05, 0.1) is 10.6 Å². The molecule has 3 nitrogen and oxygen atoms in total. The third-order valence-corrected chi connectivity index (χ3v) is 3.85. The summed E-state index contributed by atoms with van der Waals surface area (Å²) in [6, 6.07) is 2.59. The Balaban J connectivity index is 0.00000162. The molecule has 100 valence electrons. The quantitative estimate of drug-likeness (QED) is 0.799. The molecule has 0 bridgehead atoms. The fraction of sp³-hybridized carbons (Fsp3) is 0.364. The SMILES string of the molecule is Cl.O=C(NC1CCNC1)c1cc(Cl)c(Br)cc1F. The van der Waals surface area contributed by atoms with Gasteiger partial charge < -0.3 is 10.6 Å². The Bertz CT molecular complexity index is 453. The second kappa shape index (κ2) is 6.70. The topological polar surface area (TPSA) is 41.1 Å². The normalized spacial score (nSPS) is 18.3. The molecule has 0 aromatic heterocycles. The van der Waals surface area contributed by atoms with E-state index in [1.807, 2.05) is 0 Å². The highest BCUT2D eigenvalue weighted by Crippen LogP contribution is 2.25. The highest BCUT2D eigenvalue weighted by atomic mass is 79.9. The number of halogens is 4. The molecule has 1 atom stereocenters. The maximum Gasteiger partial charge on any atom is 0.254 e. The highest BCUT2D eigenvalue weighted by Gasteiger charge is 2.20. The van der Waals surface area contributed by atoms with Crippen molar-refractivity contribution in [3.05, 3.63) is 33.0 Å². The van der Waals surface area contributed by atoms with Crippen LogP contribution in [-0.2, 0) is 0 Å². The monoisotopic (exact) mass is 356 g/mol. The number of carbonyl (C=O) groups is 1. The van der Waals surface area contributed by atoms with Gasteiger partial charge in [-0.3, -0.25) is 4.79 Å². The Hall–Kier alpha value is -0.360. The van der Waals surface area contributed by atoms with Crippen molar-refractivity contribution in [2.24, 2.45) is 0 Å². The van der Waals surface area contributed by atoms with Crippen molar-refractivity contribution in [3.8, 4) is 0 Å². The molecule has 2 rings (SSSR count). The second-order valence-corrected chi connectivity index (χ2v) is 5.17. The van der Waals surface area contributed by atoms with Crippen molar-refractivity contribution in [2.75, 3.05) is 13.1 Å². The van der Waals surface area contributed by atoms with Gasteiger partial charge in [0.1, 0.15) is 5.82 Å². The summed E-state index contributed by atoms with van der Waals surface area (Å²) in [6.07, 6.45) is 0.859. The van der Waals surface area contributed by atoms with Crippen molar-refractivity contribution >= 4 is 45.8 Å². The first-order valence-corrected chi connectivity index (χ1v) is 6.41.